The Balaban J connectivity index is 2.64. The van der Waals surface area contributed by atoms with Crippen LogP contribution in [-0.2, 0) is 13.6 Å². The molecule has 1 N–H and O–H groups in total. The second-order valence-corrected chi connectivity index (χ2v) is 4.78. The SMILES string of the molecule is CNCCCn1c(=O)c2ccc(C)cc2n(C)c1=O. The maximum absolute atomic E-state index is 12.3. The minimum Gasteiger partial charge on any atom is -0.320 e. The lowest BCUT2D eigenvalue weighted by atomic mass is 10.1. The van der Waals surface area contributed by atoms with Crippen LogP contribution < -0.4 is 16.6 Å². The minimum atomic E-state index is -0.251. The van der Waals surface area contributed by atoms with Crippen LogP contribution in [0.3, 0.4) is 0 Å². The number of nitrogens with zero attached hydrogens (tertiary/aromatic N) is 2. The molecule has 19 heavy (non-hydrogen) atoms. The van der Waals surface area contributed by atoms with Gasteiger partial charge in [0.2, 0.25) is 0 Å². The van der Waals surface area contributed by atoms with E-state index in [9.17, 15) is 9.59 Å². The van der Waals surface area contributed by atoms with Crippen molar-refractivity contribution in [3.8, 4) is 0 Å². The van der Waals surface area contributed by atoms with Crippen LogP contribution >= 0.6 is 0 Å². The minimum absolute atomic E-state index is 0.200. The van der Waals surface area contributed by atoms with Gasteiger partial charge in [-0.15, -0.1) is 0 Å². The first-order valence-electron chi connectivity index (χ1n) is 6.41. The van der Waals surface area contributed by atoms with Crippen LogP contribution in [0.15, 0.2) is 27.8 Å². The van der Waals surface area contributed by atoms with Crippen LogP contribution in [0.4, 0.5) is 0 Å². The van der Waals surface area contributed by atoms with E-state index in [-0.39, 0.29) is 11.2 Å². The lowest BCUT2D eigenvalue weighted by Gasteiger charge is -2.11. The molecule has 0 saturated heterocycles. The molecule has 1 aromatic carbocycles. The number of nitrogens with one attached hydrogen (secondary N) is 1. The van der Waals surface area contributed by atoms with E-state index in [1.807, 2.05) is 26.1 Å². The number of fused-ring (bicyclic) bond motifs is 1. The summed E-state index contributed by atoms with van der Waals surface area (Å²) in [5.41, 5.74) is 1.28. The predicted octanol–water partition coefficient (Wildman–Crippen LogP) is 0.618. The van der Waals surface area contributed by atoms with Crippen LogP contribution in [0.25, 0.3) is 10.9 Å². The second kappa shape index (κ2) is 5.40. The van der Waals surface area contributed by atoms with E-state index in [1.54, 1.807) is 17.7 Å². The van der Waals surface area contributed by atoms with E-state index in [4.69, 9.17) is 0 Å². The number of benzene rings is 1. The molecule has 0 saturated carbocycles. The zero-order valence-corrected chi connectivity index (χ0v) is 11.6. The maximum Gasteiger partial charge on any atom is 0.331 e. The zero-order chi connectivity index (χ0) is 14.0. The quantitative estimate of drug-likeness (QED) is 0.821. The van der Waals surface area contributed by atoms with E-state index < -0.39 is 0 Å². The summed E-state index contributed by atoms with van der Waals surface area (Å²) in [5, 5.41) is 3.61. The van der Waals surface area contributed by atoms with Gasteiger partial charge in [-0.2, -0.15) is 0 Å². The van der Waals surface area contributed by atoms with Crippen LogP contribution in [0, 0.1) is 6.92 Å². The molecule has 0 fully saturated rings. The largest absolute Gasteiger partial charge is 0.331 e. The molecule has 5 nitrogen and oxygen atoms in total. The zero-order valence-electron chi connectivity index (χ0n) is 11.6. The molecule has 0 spiro atoms. The van der Waals surface area contributed by atoms with Gasteiger partial charge in [0.15, 0.2) is 0 Å². The molecule has 0 aliphatic carbocycles. The fraction of sp³-hybridized carbons (Fsp3) is 0.429. The summed E-state index contributed by atoms with van der Waals surface area (Å²) in [4.78, 5) is 24.6. The normalized spacial score (nSPS) is 11.1. The molecule has 102 valence electrons. The van der Waals surface area contributed by atoms with Crippen molar-refractivity contribution in [2.24, 2.45) is 7.05 Å². The third kappa shape index (κ3) is 2.46. The molecule has 0 aliphatic rings. The lowest BCUT2D eigenvalue weighted by Crippen LogP contribution is -2.39. The summed E-state index contributed by atoms with van der Waals surface area (Å²) in [6.07, 6.45) is 0.753. The van der Waals surface area contributed by atoms with E-state index in [0.717, 1.165) is 18.5 Å². The topological polar surface area (TPSA) is 56.0 Å². The van der Waals surface area contributed by atoms with E-state index in [2.05, 4.69) is 5.32 Å². The highest BCUT2D eigenvalue weighted by Crippen LogP contribution is 2.09. The molecule has 0 amide bonds. The highest BCUT2D eigenvalue weighted by molar-refractivity contribution is 5.78. The van der Waals surface area contributed by atoms with Gasteiger partial charge in [0, 0.05) is 13.6 Å². The average Bonchev–Trinajstić information content (AvgIpc) is 2.40. The van der Waals surface area contributed by atoms with E-state index >= 15 is 0 Å². The Labute approximate surface area is 111 Å². The van der Waals surface area contributed by atoms with Gasteiger partial charge in [-0.3, -0.25) is 13.9 Å². The first kappa shape index (κ1) is 13.5. The van der Waals surface area contributed by atoms with Gasteiger partial charge in [0.1, 0.15) is 0 Å². The average molecular weight is 261 g/mol. The molecule has 0 aliphatic heterocycles. The van der Waals surface area contributed by atoms with Crippen LogP contribution in [0.5, 0.6) is 0 Å². The monoisotopic (exact) mass is 261 g/mol. The third-order valence-electron chi connectivity index (χ3n) is 3.32. The molecule has 1 heterocycles. The summed E-state index contributed by atoms with van der Waals surface area (Å²) in [6, 6.07) is 5.56. The fourth-order valence-electron chi connectivity index (χ4n) is 2.23. The van der Waals surface area contributed by atoms with Gasteiger partial charge < -0.3 is 5.32 Å². The van der Waals surface area contributed by atoms with Crippen molar-refractivity contribution in [3.63, 3.8) is 0 Å². The lowest BCUT2D eigenvalue weighted by molar-refractivity contribution is 0.560. The third-order valence-corrected chi connectivity index (χ3v) is 3.32. The number of aromatic nitrogens is 2. The molecule has 0 atom stereocenters. The molecule has 2 aromatic rings. The Hall–Kier alpha value is -1.88. The van der Waals surface area contributed by atoms with Gasteiger partial charge in [-0.05, 0) is 44.6 Å². The fourth-order valence-corrected chi connectivity index (χ4v) is 2.23. The predicted molar refractivity (Wildman–Crippen MR) is 76.7 cm³/mol. The maximum atomic E-state index is 12.3. The Morgan fingerprint density at radius 1 is 1.26 bits per heavy atom. The molecule has 0 radical (unpaired) electrons. The number of rotatable bonds is 4. The smallest absolute Gasteiger partial charge is 0.320 e. The van der Waals surface area contributed by atoms with Crippen molar-refractivity contribution in [2.45, 2.75) is 19.9 Å². The van der Waals surface area contributed by atoms with Crippen molar-refractivity contribution in [1.29, 1.82) is 0 Å². The van der Waals surface area contributed by atoms with Gasteiger partial charge >= 0.3 is 5.69 Å². The summed E-state index contributed by atoms with van der Waals surface area (Å²) in [6.45, 7) is 3.17. The Morgan fingerprint density at radius 2 is 2.00 bits per heavy atom. The van der Waals surface area contributed by atoms with Crippen LogP contribution in [-0.4, -0.2) is 22.7 Å². The first-order valence-corrected chi connectivity index (χ1v) is 6.41. The van der Waals surface area contributed by atoms with Crippen molar-refractivity contribution >= 4 is 10.9 Å². The second-order valence-electron chi connectivity index (χ2n) is 4.78. The molecule has 2 rings (SSSR count). The van der Waals surface area contributed by atoms with Crippen LogP contribution in [0.2, 0.25) is 0 Å². The van der Waals surface area contributed by atoms with Crippen molar-refractivity contribution in [2.75, 3.05) is 13.6 Å². The van der Waals surface area contributed by atoms with Gasteiger partial charge in [0.05, 0.1) is 10.9 Å². The number of hydrogen-bond acceptors (Lipinski definition) is 3. The molecule has 5 heteroatoms. The standard InChI is InChI=1S/C14H19N3O2/c1-10-5-6-11-12(9-10)16(3)14(19)17(13(11)18)8-4-7-15-2/h5-6,9,15H,4,7-8H2,1-3H3. The van der Waals surface area contributed by atoms with Crippen molar-refractivity contribution < 1.29 is 0 Å². The molecule has 1 aromatic heterocycles. The molecule has 0 unspecified atom stereocenters. The number of hydrogen-bond donors (Lipinski definition) is 1. The first-order chi connectivity index (χ1) is 9.06. The molecular weight excluding hydrogens is 242 g/mol. The highest BCUT2D eigenvalue weighted by atomic mass is 16.2. The van der Waals surface area contributed by atoms with Crippen LogP contribution in [0.1, 0.15) is 12.0 Å². The summed E-state index contributed by atoms with van der Waals surface area (Å²) >= 11 is 0. The summed E-state index contributed by atoms with van der Waals surface area (Å²) < 4.78 is 2.86. The van der Waals surface area contributed by atoms with Gasteiger partial charge in [-0.1, -0.05) is 6.07 Å². The Morgan fingerprint density at radius 3 is 2.68 bits per heavy atom. The molecular formula is C14H19N3O2. The molecule has 0 bridgehead atoms. The summed E-state index contributed by atoms with van der Waals surface area (Å²) in [7, 11) is 3.56. The Kier molecular flexibility index (Phi) is 3.85. The highest BCUT2D eigenvalue weighted by Gasteiger charge is 2.10. The van der Waals surface area contributed by atoms with Gasteiger partial charge in [-0.25, -0.2) is 4.79 Å². The van der Waals surface area contributed by atoms with Crippen molar-refractivity contribution in [1.82, 2.24) is 14.5 Å². The summed E-state index contributed by atoms with van der Waals surface area (Å²) in [5.74, 6) is 0. The number of aryl methyl sites for hydroxylation is 2. The van der Waals surface area contributed by atoms with E-state index in [1.165, 1.54) is 4.57 Å². The van der Waals surface area contributed by atoms with Gasteiger partial charge in [0.25, 0.3) is 5.56 Å². The Bertz CT molecular complexity index is 713. The van der Waals surface area contributed by atoms with E-state index in [0.29, 0.717) is 17.4 Å². The van der Waals surface area contributed by atoms with Crippen molar-refractivity contribution in [3.05, 3.63) is 44.6 Å².